The lowest BCUT2D eigenvalue weighted by Crippen LogP contribution is -2.14. The van der Waals surface area contributed by atoms with Crippen molar-refractivity contribution in [2.24, 2.45) is 0 Å². The third kappa shape index (κ3) is 2.58. The highest BCUT2D eigenvalue weighted by Crippen LogP contribution is 2.27. The largest absolute Gasteiger partial charge is 0.384 e. The van der Waals surface area contributed by atoms with Crippen molar-refractivity contribution in [1.29, 1.82) is 0 Å². The number of benzene rings is 2. The van der Waals surface area contributed by atoms with Crippen molar-refractivity contribution in [2.45, 2.75) is 18.2 Å². The highest BCUT2D eigenvalue weighted by atomic mass is 32.2. The minimum Gasteiger partial charge on any atom is -0.384 e. The Morgan fingerprint density at radius 2 is 2.05 bits per heavy atom. The Morgan fingerprint density at radius 1 is 1.24 bits per heavy atom. The molecule has 0 fully saturated rings. The molecule has 21 heavy (non-hydrogen) atoms. The molecular formula is C15H15FN2O2S. The Kier molecular flexibility index (Phi) is 3.33. The zero-order valence-electron chi connectivity index (χ0n) is 11.5. The van der Waals surface area contributed by atoms with Gasteiger partial charge in [-0.15, -0.1) is 0 Å². The Morgan fingerprint density at radius 3 is 2.86 bits per heavy atom. The molecule has 110 valence electrons. The topological polar surface area (TPSA) is 58.2 Å². The predicted octanol–water partition coefficient (Wildman–Crippen LogP) is 2.90. The number of halogens is 1. The molecule has 6 heteroatoms. The average molecular weight is 306 g/mol. The molecule has 2 aromatic carbocycles. The minimum absolute atomic E-state index is 0.189. The van der Waals surface area contributed by atoms with Gasteiger partial charge in [-0.25, -0.2) is 12.8 Å². The second-order valence-electron chi connectivity index (χ2n) is 5.01. The molecule has 2 N–H and O–H groups in total. The summed E-state index contributed by atoms with van der Waals surface area (Å²) >= 11 is 0. The molecule has 0 aromatic heterocycles. The first-order chi connectivity index (χ1) is 9.97. The normalized spacial score (nSPS) is 13.6. The lowest BCUT2D eigenvalue weighted by molar-refractivity contribution is 0.600. The monoisotopic (exact) mass is 306 g/mol. The molecule has 0 radical (unpaired) electrons. The predicted molar refractivity (Wildman–Crippen MR) is 80.6 cm³/mol. The van der Waals surface area contributed by atoms with Crippen molar-refractivity contribution < 1.29 is 12.8 Å². The third-order valence-electron chi connectivity index (χ3n) is 3.61. The van der Waals surface area contributed by atoms with Gasteiger partial charge < -0.3 is 5.32 Å². The van der Waals surface area contributed by atoms with E-state index in [0.717, 1.165) is 24.2 Å². The first-order valence-corrected chi connectivity index (χ1v) is 8.10. The first-order valence-electron chi connectivity index (χ1n) is 6.62. The van der Waals surface area contributed by atoms with Gasteiger partial charge in [0.1, 0.15) is 5.82 Å². The molecule has 0 atom stereocenters. The maximum Gasteiger partial charge on any atom is 0.261 e. The molecule has 0 spiro atoms. The number of nitrogens with one attached hydrogen (secondary N) is 2. The SMILES string of the molecule is Cc1c(F)cccc1NS(=O)(=O)c1ccc2c(c1)CCN2. The van der Waals surface area contributed by atoms with Crippen molar-refractivity contribution in [3.63, 3.8) is 0 Å². The van der Waals surface area contributed by atoms with Crippen LogP contribution in [0.15, 0.2) is 41.3 Å². The molecule has 4 nitrogen and oxygen atoms in total. The lowest BCUT2D eigenvalue weighted by Gasteiger charge is -2.12. The fraction of sp³-hybridized carbons (Fsp3) is 0.200. The summed E-state index contributed by atoms with van der Waals surface area (Å²) < 4.78 is 40.8. The van der Waals surface area contributed by atoms with Crippen molar-refractivity contribution in [2.75, 3.05) is 16.6 Å². The number of rotatable bonds is 3. The van der Waals surface area contributed by atoms with E-state index >= 15 is 0 Å². The van der Waals surface area contributed by atoms with Crippen LogP contribution in [0.5, 0.6) is 0 Å². The summed E-state index contributed by atoms with van der Waals surface area (Å²) in [5.41, 5.74) is 2.49. The van der Waals surface area contributed by atoms with Gasteiger partial charge in [-0.2, -0.15) is 0 Å². The van der Waals surface area contributed by atoms with Crippen LogP contribution < -0.4 is 10.0 Å². The number of hydrogen-bond donors (Lipinski definition) is 2. The summed E-state index contributed by atoms with van der Waals surface area (Å²) in [4.78, 5) is 0.189. The zero-order chi connectivity index (χ0) is 15.0. The van der Waals surface area contributed by atoms with Crippen LogP contribution in [0.4, 0.5) is 15.8 Å². The second kappa shape index (κ2) is 5.04. The standard InChI is InChI=1S/C15H15FN2O2S/c1-10-13(16)3-2-4-14(10)18-21(19,20)12-5-6-15-11(9-12)7-8-17-15/h2-6,9,17-18H,7-8H2,1H3. The summed E-state index contributed by atoms with van der Waals surface area (Å²) in [5, 5.41) is 3.18. The van der Waals surface area contributed by atoms with E-state index in [1.807, 2.05) is 0 Å². The first kappa shape index (κ1) is 13.9. The zero-order valence-corrected chi connectivity index (χ0v) is 12.3. The van der Waals surface area contributed by atoms with E-state index in [4.69, 9.17) is 0 Å². The highest BCUT2D eigenvalue weighted by Gasteiger charge is 2.19. The second-order valence-corrected chi connectivity index (χ2v) is 6.70. The van der Waals surface area contributed by atoms with Crippen LogP contribution in [0.3, 0.4) is 0 Å². The summed E-state index contributed by atoms with van der Waals surface area (Å²) in [7, 11) is -3.72. The van der Waals surface area contributed by atoms with Crippen LogP contribution in [-0.2, 0) is 16.4 Å². The van der Waals surface area contributed by atoms with Gasteiger partial charge in [0.25, 0.3) is 10.0 Å². The molecule has 0 aliphatic carbocycles. The molecule has 1 aliphatic heterocycles. The third-order valence-corrected chi connectivity index (χ3v) is 4.97. The van der Waals surface area contributed by atoms with E-state index in [1.54, 1.807) is 31.2 Å². The van der Waals surface area contributed by atoms with Gasteiger partial charge in [-0.3, -0.25) is 4.72 Å². The van der Waals surface area contributed by atoms with Crippen LogP contribution in [0, 0.1) is 12.7 Å². The van der Waals surface area contributed by atoms with Gasteiger partial charge in [-0.05, 0) is 49.2 Å². The van der Waals surface area contributed by atoms with Crippen LogP contribution in [0.1, 0.15) is 11.1 Å². The lowest BCUT2D eigenvalue weighted by atomic mass is 10.2. The van der Waals surface area contributed by atoms with Crippen molar-refractivity contribution in [3.05, 3.63) is 53.3 Å². The molecule has 1 aliphatic rings. The van der Waals surface area contributed by atoms with Crippen LogP contribution in [0.25, 0.3) is 0 Å². The van der Waals surface area contributed by atoms with E-state index in [2.05, 4.69) is 10.0 Å². The Bertz CT molecular complexity index is 803. The maximum absolute atomic E-state index is 13.5. The van der Waals surface area contributed by atoms with Gasteiger partial charge in [0.05, 0.1) is 10.6 Å². The molecule has 2 aromatic rings. The molecule has 0 saturated heterocycles. The Labute approximate surface area is 123 Å². The van der Waals surface area contributed by atoms with E-state index in [-0.39, 0.29) is 16.1 Å². The summed E-state index contributed by atoms with van der Waals surface area (Å²) in [6, 6.07) is 9.29. The fourth-order valence-corrected chi connectivity index (χ4v) is 3.54. The molecule has 0 amide bonds. The molecular weight excluding hydrogens is 291 g/mol. The average Bonchev–Trinajstić information content (AvgIpc) is 2.91. The molecule has 1 heterocycles. The van der Waals surface area contributed by atoms with E-state index in [9.17, 15) is 12.8 Å². The minimum atomic E-state index is -3.72. The maximum atomic E-state index is 13.5. The van der Waals surface area contributed by atoms with E-state index < -0.39 is 15.8 Å². The highest BCUT2D eigenvalue weighted by molar-refractivity contribution is 7.92. The Hall–Kier alpha value is -2.08. The molecule has 0 saturated carbocycles. The van der Waals surface area contributed by atoms with Crippen molar-refractivity contribution >= 4 is 21.4 Å². The number of fused-ring (bicyclic) bond motifs is 1. The number of sulfonamides is 1. The van der Waals surface area contributed by atoms with Gasteiger partial charge in [-0.1, -0.05) is 6.07 Å². The molecule has 0 bridgehead atoms. The molecule has 0 unspecified atom stereocenters. The van der Waals surface area contributed by atoms with E-state index in [1.165, 1.54) is 12.1 Å². The summed E-state index contributed by atoms with van der Waals surface area (Å²) in [5.74, 6) is -0.437. The van der Waals surface area contributed by atoms with Gasteiger partial charge in [0.15, 0.2) is 0 Å². The van der Waals surface area contributed by atoms with Crippen LogP contribution in [-0.4, -0.2) is 15.0 Å². The number of hydrogen-bond acceptors (Lipinski definition) is 3. The smallest absolute Gasteiger partial charge is 0.261 e. The van der Waals surface area contributed by atoms with E-state index in [0.29, 0.717) is 0 Å². The van der Waals surface area contributed by atoms with Gasteiger partial charge in [0, 0.05) is 17.8 Å². The van der Waals surface area contributed by atoms with Crippen molar-refractivity contribution in [3.8, 4) is 0 Å². The summed E-state index contributed by atoms with van der Waals surface area (Å²) in [6.45, 7) is 2.36. The van der Waals surface area contributed by atoms with Crippen LogP contribution >= 0.6 is 0 Å². The van der Waals surface area contributed by atoms with Crippen LogP contribution in [0.2, 0.25) is 0 Å². The number of anilines is 2. The molecule has 3 rings (SSSR count). The fourth-order valence-electron chi connectivity index (χ4n) is 2.37. The van der Waals surface area contributed by atoms with Crippen molar-refractivity contribution in [1.82, 2.24) is 0 Å². The van der Waals surface area contributed by atoms with Gasteiger partial charge in [0.2, 0.25) is 0 Å². The quantitative estimate of drug-likeness (QED) is 0.916. The van der Waals surface area contributed by atoms with Gasteiger partial charge >= 0.3 is 0 Å². The Balaban J connectivity index is 1.96. The summed E-state index contributed by atoms with van der Waals surface area (Å²) in [6.07, 6.45) is 0.803.